The number of benzene rings is 1. The molecule has 1 heterocycles. The predicted molar refractivity (Wildman–Crippen MR) is 79.5 cm³/mol. The van der Waals surface area contributed by atoms with Gasteiger partial charge in [0, 0.05) is 6.04 Å². The van der Waals surface area contributed by atoms with Gasteiger partial charge in [0.25, 0.3) is 0 Å². The number of nitrogens with zero attached hydrogens (tertiary/aromatic N) is 2. The summed E-state index contributed by atoms with van der Waals surface area (Å²) < 4.78 is 7.91. The molecule has 0 spiro atoms. The van der Waals surface area contributed by atoms with Crippen LogP contribution in [-0.4, -0.2) is 15.7 Å². The largest absolute Gasteiger partial charge is 0.489 e. The van der Waals surface area contributed by atoms with Crippen LogP contribution in [0.25, 0.3) is 11.0 Å². The first-order valence-electron chi connectivity index (χ1n) is 6.97. The van der Waals surface area contributed by atoms with Crippen molar-refractivity contribution in [2.75, 3.05) is 5.73 Å². The first kappa shape index (κ1) is 13.7. The fourth-order valence-corrected chi connectivity index (χ4v) is 2.47. The molecule has 1 atom stereocenters. The van der Waals surface area contributed by atoms with Gasteiger partial charge in [0.1, 0.15) is 11.3 Å². The van der Waals surface area contributed by atoms with Gasteiger partial charge in [-0.1, -0.05) is 19.4 Å². The van der Waals surface area contributed by atoms with E-state index in [0.29, 0.717) is 12.0 Å². The Bertz CT molecular complexity index is 560. The van der Waals surface area contributed by atoms with E-state index in [4.69, 9.17) is 10.5 Å². The molecule has 1 aromatic heterocycles. The van der Waals surface area contributed by atoms with Gasteiger partial charge in [0.15, 0.2) is 0 Å². The fourth-order valence-electron chi connectivity index (χ4n) is 2.47. The van der Waals surface area contributed by atoms with E-state index < -0.39 is 0 Å². The summed E-state index contributed by atoms with van der Waals surface area (Å²) in [6.07, 6.45) is 2.35. The summed E-state index contributed by atoms with van der Waals surface area (Å²) >= 11 is 0. The predicted octanol–water partition coefficient (Wildman–Crippen LogP) is 3.77. The average Bonchev–Trinajstić information content (AvgIpc) is 2.66. The molecule has 0 bridgehead atoms. The minimum Gasteiger partial charge on any atom is -0.489 e. The second kappa shape index (κ2) is 5.51. The normalized spacial score (nSPS) is 13.1. The SMILES string of the molecule is CCCC(C)n1c(N)nc2c(OC(C)C)cccc21. The molecular formula is C15H23N3O. The van der Waals surface area contributed by atoms with Crippen LogP contribution >= 0.6 is 0 Å². The highest BCUT2D eigenvalue weighted by molar-refractivity contribution is 5.84. The van der Waals surface area contributed by atoms with Gasteiger partial charge in [-0.05, 0) is 39.3 Å². The van der Waals surface area contributed by atoms with Crippen molar-refractivity contribution in [1.82, 2.24) is 9.55 Å². The summed E-state index contributed by atoms with van der Waals surface area (Å²) in [5.41, 5.74) is 7.99. The number of fused-ring (bicyclic) bond motifs is 1. The molecule has 0 aliphatic heterocycles. The Hall–Kier alpha value is -1.71. The fraction of sp³-hybridized carbons (Fsp3) is 0.533. The number of aromatic nitrogens is 2. The molecule has 104 valence electrons. The summed E-state index contributed by atoms with van der Waals surface area (Å²) in [6.45, 7) is 8.38. The Morgan fingerprint density at radius 2 is 2.05 bits per heavy atom. The summed E-state index contributed by atoms with van der Waals surface area (Å²) in [6, 6.07) is 6.35. The highest BCUT2D eigenvalue weighted by Crippen LogP contribution is 2.31. The van der Waals surface area contributed by atoms with Crippen molar-refractivity contribution in [3.8, 4) is 5.75 Å². The summed E-state index contributed by atoms with van der Waals surface area (Å²) in [5.74, 6) is 1.37. The molecule has 4 heteroatoms. The molecule has 2 rings (SSSR count). The lowest BCUT2D eigenvalue weighted by Crippen LogP contribution is -2.08. The zero-order valence-electron chi connectivity index (χ0n) is 12.2. The number of anilines is 1. The molecule has 0 radical (unpaired) electrons. The van der Waals surface area contributed by atoms with Crippen molar-refractivity contribution in [3.05, 3.63) is 18.2 Å². The second-order valence-corrected chi connectivity index (χ2v) is 5.27. The minimum absolute atomic E-state index is 0.130. The number of imidazole rings is 1. The molecule has 19 heavy (non-hydrogen) atoms. The first-order chi connectivity index (χ1) is 9.04. The van der Waals surface area contributed by atoms with Crippen molar-refractivity contribution in [1.29, 1.82) is 0 Å². The maximum atomic E-state index is 6.08. The van der Waals surface area contributed by atoms with Crippen LogP contribution in [0.4, 0.5) is 5.95 Å². The molecule has 2 N–H and O–H groups in total. The average molecular weight is 261 g/mol. The lowest BCUT2D eigenvalue weighted by Gasteiger charge is -2.15. The zero-order valence-corrected chi connectivity index (χ0v) is 12.2. The number of ether oxygens (including phenoxy) is 1. The van der Waals surface area contributed by atoms with Gasteiger partial charge in [0.05, 0.1) is 11.6 Å². The van der Waals surface area contributed by atoms with Crippen LogP contribution in [0.2, 0.25) is 0 Å². The van der Waals surface area contributed by atoms with E-state index in [9.17, 15) is 0 Å². The lowest BCUT2D eigenvalue weighted by molar-refractivity contribution is 0.245. The van der Waals surface area contributed by atoms with Gasteiger partial charge in [-0.25, -0.2) is 4.98 Å². The maximum Gasteiger partial charge on any atom is 0.201 e. The number of hydrogen-bond donors (Lipinski definition) is 1. The van der Waals surface area contributed by atoms with E-state index in [2.05, 4.69) is 29.5 Å². The van der Waals surface area contributed by atoms with Gasteiger partial charge in [0.2, 0.25) is 5.95 Å². The monoisotopic (exact) mass is 261 g/mol. The lowest BCUT2D eigenvalue weighted by atomic mass is 10.2. The molecule has 0 saturated carbocycles. The zero-order chi connectivity index (χ0) is 14.0. The number of hydrogen-bond acceptors (Lipinski definition) is 3. The van der Waals surface area contributed by atoms with E-state index in [1.807, 2.05) is 26.0 Å². The molecule has 2 aromatic rings. The van der Waals surface area contributed by atoms with Gasteiger partial charge in [-0.3, -0.25) is 0 Å². The van der Waals surface area contributed by atoms with Crippen LogP contribution < -0.4 is 10.5 Å². The van der Waals surface area contributed by atoms with Crippen molar-refractivity contribution in [3.63, 3.8) is 0 Å². The molecule has 0 amide bonds. The Labute approximate surface area is 114 Å². The Balaban J connectivity index is 2.52. The smallest absolute Gasteiger partial charge is 0.201 e. The summed E-state index contributed by atoms with van der Waals surface area (Å²) in [7, 11) is 0. The second-order valence-electron chi connectivity index (χ2n) is 5.27. The molecule has 0 aliphatic carbocycles. The van der Waals surface area contributed by atoms with Crippen molar-refractivity contribution in [2.45, 2.75) is 52.7 Å². The summed E-state index contributed by atoms with van der Waals surface area (Å²) in [4.78, 5) is 4.49. The Morgan fingerprint density at radius 3 is 2.68 bits per heavy atom. The Kier molecular flexibility index (Phi) is 3.98. The number of para-hydroxylation sites is 1. The Morgan fingerprint density at radius 1 is 1.32 bits per heavy atom. The number of nitrogens with two attached hydrogens (primary N) is 1. The molecule has 4 nitrogen and oxygen atoms in total. The van der Waals surface area contributed by atoms with Crippen LogP contribution in [0.5, 0.6) is 5.75 Å². The topological polar surface area (TPSA) is 53.1 Å². The third-order valence-electron chi connectivity index (χ3n) is 3.22. The summed E-state index contributed by atoms with van der Waals surface area (Å²) in [5, 5.41) is 0. The van der Waals surface area contributed by atoms with Crippen molar-refractivity contribution >= 4 is 17.0 Å². The van der Waals surface area contributed by atoms with Crippen molar-refractivity contribution < 1.29 is 4.74 Å². The number of nitrogen functional groups attached to an aromatic ring is 1. The first-order valence-corrected chi connectivity index (χ1v) is 6.97. The van der Waals surface area contributed by atoms with E-state index in [1.165, 1.54) is 0 Å². The molecule has 1 aromatic carbocycles. The standard InChI is InChI=1S/C15H23N3O/c1-5-7-11(4)18-12-8-6-9-13(19-10(2)3)14(12)17-15(18)16/h6,8-11H,5,7H2,1-4H3,(H2,16,17). The molecule has 0 fully saturated rings. The third-order valence-corrected chi connectivity index (χ3v) is 3.22. The van der Waals surface area contributed by atoms with Gasteiger partial charge in [-0.15, -0.1) is 0 Å². The van der Waals surface area contributed by atoms with Crippen molar-refractivity contribution in [2.24, 2.45) is 0 Å². The third kappa shape index (κ3) is 2.67. The molecule has 0 saturated heterocycles. The molecular weight excluding hydrogens is 238 g/mol. The number of rotatable bonds is 5. The van der Waals surface area contributed by atoms with Gasteiger partial charge in [-0.2, -0.15) is 0 Å². The van der Waals surface area contributed by atoms with Gasteiger partial charge < -0.3 is 15.0 Å². The van der Waals surface area contributed by atoms with Gasteiger partial charge >= 0.3 is 0 Å². The molecule has 0 aliphatic rings. The quantitative estimate of drug-likeness (QED) is 0.891. The maximum absolute atomic E-state index is 6.08. The van der Waals surface area contributed by atoms with Crippen LogP contribution in [-0.2, 0) is 0 Å². The van der Waals surface area contributed by atoms with E-state index >= 15 is 0 Å². The van der Waals surface area contributed by atoms with Crippen LogP contribution in [0.15, 0.2) is 18.2 Å². The van der Waals surface area contributed by atoms with Crippen LogP contribution in [0.1, 0.15) is 46.6 Å². The van der Waals surface area contributed by atoms with E-state index in [0.717, 1.165) is 29.6 Å². The highest BCUT2D eigenvalue weighted by Gasteiger charge is 2.16. The van der Waals surface area contributed by atoms with E-state index in [-0.39, 0.29) is 6.10 Å². The van der Waals surface area contributed by atoms with Crippen LogP contribution in [0, 0.1) is 0 Å². The highest BCUT2D eigenvalue weighted by atomic mass is 16.5. The molecule has 1 unspecified atom stereocenters. The minimum atomic E-state index is 0.130. The van der Waals surface area contributed by atoms with Crippen LogP contribution in [0.3, 0.4) is 0 Å². The van der Waals surface area contributed by atoms with E-state index in [1.54, 1.807) is 0 Å².